The van der Waals surface area contributed by atoms with E-state index in [1.165, 1.54) is 0 Å². The van der Waals surface area contributed by atoms with E-state index in [2.05, 4.69) is 10.4 Å². The Morgan fingerprint density at radius 1 is 1.40 bits per heavy atom. The Kier molecular flexibility index (Phi) is 4.29. The van der Waals surface area contributed by atoms with E-state index in [1.807, 2.05) is 30.7 Å². The van der Waals surface area contributed by atoms with Crippen LogP contribution < -0.4 is 11.1 Å². The summed E-state index contributed by atoms with van der Waals surface area (Å²) in [4.78, 5) is 11.0. The zero-order valence-corrected chi connectivity index (χ0v) is 12.2. The summed E-state index contributed by atoms with van der Waals surface area (Å²) >= 11 is 6.24. The molecule has 0 spiro atoms. The number of primary amides is 1. The van der Waals surface area contributed by atoms with Crippen molar-refractivity contribution in [3.05, 3.63) is 46.2 Å². The van der Waals surface area contributed by atoms with Crippen molar-refractivity contribution in [3.63, 3.8) is 0 Å². The van der Waals surface area contributed by atoms with Gasteiger partial charge in [-0.05, 0) is 38.1 Å². The minimum absolute atomic E-state index is 0.431. The molecule has 0 unspecified atom stereocenters. The first-order valence-electron chi connectivity index (χ1n) is 6.38. The molecule has 20 heavy (non-hydrogen) atoms. The summed E-state index contributed by atoms with van der Waals surface area (Å²) < 4.78 is 1.88. The lowest BCUT2D eigenvalue weighted by molar-refractivity contribution is 0.100. The summed E-state index contributed by atoms with van der Waals surface area (Å²) in [7, 11) is 0. The Labute approximate surface area is 122 Å². The second kappa shape index (κ2) is 5.96. The SMILES string of the molecule is CCn1nc(C)c(Cl)c1CNc1ccc(C(N)=O)cc1. The minimum atomic E-state index is -0.431. The maximum Gasteiger partial charge on any atom is 0.248 e. The molecule has 1 heterocycles. The number of rotatable bonds is 5. The van der Waals surface area contributed by atoms with Gasteiger partial charge in [-0.25, -0.2) is 0 Å². The first kappa shape index (κ1) is 14.4. The highest BCUT2D eigenvalue weighted by Gasteiger charge is 2.12. The third-order valence-corrected chi connectivity index (χ3v) is 3.57. The highest BCUT2D eigenvalue weighted by molar-refractivity contribution is 6.31. The van der Waals surface area contributed by atoms with E-state index >= 15 is 0 Å². The molecule has 6 heteroatoms. The normalized spacial score (nSPS) is 10.6. The number of amides is 1. The van der Waals surface area contributed by atoms with E-state index < -0.39 is 5.91 Å². The first-order chi connectivity index (χ1) is 9.52. The van der Waals surface area contributed by atoms with Crippen molar-refractivity contribution in [3.8, 4) is 0 Å². The monoisotopic (exact) mass is 292 g/mol. The van der Waals surface area contributed by atoms with Crippen molar-refractivity contribution in [2.75, 3.05) is 5.32 Å². The van der Waals surface area contributed by atoms with Crippen LogP contribution in [-0.4, -0.2) is 15.7 Å². The minimum Gasteiger partial charge on any atom is -0.379 e. The molecular weight excluding hydrogens is 276 g/mol. The molecule has 1 aromatic carbocycles. The number of aryl methyl sites for hydroxylation is 2. The predicted molar refractivity (Wildman–Crippen MR) is 79.9 cm³/mol. The van der Waals surface area contributed by atoms with Crippen LogP contribution in [0.2, 0.25) is 5.02 Å². The standard InChI is InChI=1S/C14H17ClN4O/c1-3-19-12(13(15)9(2)18-19)8-17-11-6-4-10(5-7-11)14(16)20/h4-7,17H,3,8H2,1-2H3,(H2,16,20). The highest BCUT2D eigenvalue weighted by Crippen LogP contribution is 2.21. The number of anilines is 1. The Balaban J connectivity index is 2.10. The van der Waals surface area contributed by atoms with Gasteiger partial charge in [-0.2, -0.15) is 5.10 Å². The molecular formula is C14H17ClN4O. The molecule has 1 amide bonds. The maximum atomic E-state index is 11.0. The predicted octanol–water partition coefficient (Wildman–Crippen LogP) is 2.58. The third-order valence-electron chi connectivity index (χ3n) is 3.08. The second-order valence-electron chi connectivity index (χ2n) is 4.46. The molecule has 2 aromatic rings. The van der Waals surface area contributed by atoms with E-state index in [-0.39, 0.29) is 0 Å². The number of benzene rings is 1. The molecule has 3 N–H and O–H groups in total. The summed E-state index contributed by atoms with van der Waals surface area (Å²) in [6.07, 6.45) is 0. The summed E-state index contributed by atoms with van der Waals surface area (Å²) in [5.41, 5.74) is 8.36. The van der Waals surface area contributed by atoms with Gasteiger partial charge in [-0.1, -0.05) is 11.6 Å². The van der Waals surface area contributed by atoms with Crippen LogP contribution >= 0.6 is 11.6 Å². The van der Waals surface area contributed by atoms with Gasteiger partial charge in [0.05, 0.1) is 23.0 Å². The van der Waals surface area contributed by atoms with Crippen LogP contribution in [0.15, 0.2) is 24.3 Å². The zero-order chi connectivity index (χ0) is 14.7. The van der Waals surface area contributed by atoms with Gasteiger partial charge < -0.3 is 11.1 Å². The van der Waals surface area contributed by atoms with E-state index in [1.54, 1.807) is 12.1 Å². The largest absolute Gasteiger partial charge is 0.379 e. The Bertz CT molecular complexity index is 619. The van der Waals surface area contributed by atoms with Gasteiger partial charge in [-0.15, -0.1) is 0 Å². The van der Waals surface area contributed by atoms with E-state index in [4.69, 9.17) is 17.3 Å². The fourth-order valence-electron chi connectivity index (χ4n) is 1.98. The topological polar surface area (TPSA) is 72.9 Å². The molecule has 106 valence electrons. The fourth-order valence-corrected chi connectivity index (χ4v) is 2.18. The number of nitrogens with two attached hydrogens (primary N) is 1. The van der Waals surface area contributed by atoms with E-state index in [0.29, 0.717) is 17.1 Å². The van der Waals surface area contributed by atoms with E-state index in [0.717, 1.165) is 23.6 Å². The maximum absolute atomic E-state index is 11.0. The zero-order valence-electron chi connectivity index (χ0n) is 11.5. The summed E-state index contributed by atoms with van der Waals surface area (Å²) in [6.45, 7) is 5.25. The third kappa shape index (κ3) is 2.93. The summed E-state index contributed by atoms with van der Waals surface area (Å²) in [5, 5.41) is 8.31. The van der Waals surface area contributed by atoms with Gasteiger partial charge in [0.15, 0.2) is 0 Å². The van der Waals surface area contributed by atoms with Crippen molar-refractivity contribution in [1.29, 1.82) is 0 Å². The smallest absolute Gasteiger partial charge is 0.248 e. The molecule has 0 aliphatic carbocycles. The van der Waals surface area contributed by atoms with Crippen LogP contribution in [0.3, 0.4) is 0 Å². The highest BCUT2D eigenvalue weighted by atomic mass is 35.5. The van der Waals surface area contributed by atoms with Gasteiger partial charge in [0.25, 0.3) is 0 Å². The van der Waals surface area contributed by atoms with E-state index in [9.17, 15) is 4.79 Å². The molecule has 5 nitrogen and oxygen atoms in total. The van der Waals surface area contributed by atoms with Crippen molar-refractivity contribution in [1.82, 2.24) is 9.78 Å². The Hall–Kier alpha value is -2.01. The molecule has 0 fully saturated rings. The number of aromatic nitrogens is 2. The van der Waals surface area contributed by atoms with Crippen LogP contribution in [-0.2, 0) is 13.1 Å². The lowest BCUT2D eigenvalue weighted by atomic mass is 10.2. The van der Waals surface area contributed by atoms with Crippen LogP contribution in [0.4, 0.5) is 5.69 Å². The number of nitrogens with one attached hydrogen (secondary N) is 1. The molecule has 2 rings (SSSR count). The number of hydrogen-bond acceptors (Lipinski definition) is 3. The van der Waals surface area contributed by atoms with Crippen molar-refractivity contribution in [2.45, 2.75) is 26.9 Å². The van der Waals surface area contributed by atoms with Gasteiger partial charge >= 0.3 is 0 Å². The molecule has 0 saturated heterocycles. The molecule has 0 aliphatic rings. The molecule has 0 aliphatic heterocycles. The molecule has 0 atom stereocenters. The summed E-state index contributed by atoms with van der Waals surface area (Å²) in [5.74, 6) is -0.431. The van der Waals surface area contributed by atoms with Crippen molar-refractivity contribution < 1.29 is 4.79 Å². The second-order valence-corrected chi connectivity index (χ2v) is 4.83. The molecule has 0 saturated carbocycles. The van der Waals surface area contributed by atoms with Gasteiger partial charge in [0, 0.05) is 17.8 Å². The van der Waals surface area contributed by atoms with Crippen LogP contribution in [0.5, 0.6) is 0 Å². The number of nitrogens with zero attached hydrogens (tertiary/aromatic N) is 2. The summed E-state index contributed by atoms with van der Waals surface area (Å²) in [6, 6.07) is 7.00. The molecule has 1 aromatic heterocycles. The molecule has 0 radical (unpaired) electrons. The Morgan fingerprint density at radius 2 is 2.05 bits per heavy atom. The van der Waals surface area contributed by atoms with Gasteiger partial charge in [0.2, 0.25) is 5.91 Å². The molecule has 0 bridgehead atoms. The number of carbonyl (C=O) groups is 1. The van der Waals surface area contributed by atoms with Crippen LogP contribution in [0.25, 0.3) is 0 Å². The average molecular weight is 293 g/mol. The number of hydrogen-bond donors (Lipinski definition) is 2. The van der Waals surface area contributed by atoms with Gasteiger partial charge in [-0.3, -0.25) is 9.48 Å². The first-order valence-corrected chi connectivity index (χ1v) is 6.76. The quantitative estimate of drug-likeness (QED) is 0.889. The van der Waals surface area contributed by atoms with Crippen LogP contribution in [0, 0.1) is 6.92 Å². The van der Waals surface area contributed by atoms with Crippen molar-refractivity contribution in [2.24, 2.45) is 5.73 Å². The lowest BCUT2D eigenvalue weighted by Crippen LogP contribution is -2.11. The van der Waals surface area contributed by atoms with Crippen molar-refractivity contribution >= 4 is 23.2 Å². The fraction of sp³-hybridized carbons (Fsp3) is 0.286. The van der Waals surface area contributed by atoms with Gasteiger partial charge in [0.1, 0.15) is 0 Å². The van der Waals surface area contributed by atoms with Crippen LogP contribution in [0.1, 0.15) is 28.7 Å². The Morgan fingerprint density at radius 3 is 2.60 bits per heavy atom. The number of halogens is 1. The lowest BCUT2D eigenvalue weighted by Gasteiger charge is -2.09. The average Bonchev–Trinajstić information content (AvgIpc) is 2.72. The number of carbonyl (C=O) groups excluding carboxylic acids is 1.